The van der Waals surface area contributed by atoms with E-state index in [2.05, 4.69) is 17.0 Å². The van der Waals surface area contributed by atoms with Crippen LogP contribution in [0.5, 0.6) is 0 Å². The molecule has 0 unspecified atom stereocenters. The van der Waals surface area contributed by atoms with Gasteiger partial charge in [-0.3, -0.25) is 0 Å². The second-order valence-corrected chi connectivity index (χ2v) is 4.77. The van der Waals surface area contributed by atoms with Crippen LogP contribution in [-0.4, -0.2) is 26.8 Å². The van der Waals surface area contributed by atoms with Gasteiger partial charge in [0.2, 0.25) is 0 Å². The summed E-state index contributed by atoms with van der Waals surface area (Å²) in [6.07, 6.45) is 3.68. The highest BCUT2D eigenvalue weighted by Gasteiger charge is 2.19. The van der Waals surface area contributed by atoms with Crippen LogP contribution in [0.4, 0.5) is 11.4 Å². The minimum Gasteiger partial charge on any atom is -0.397 e. The maximum atomic E-state index is 6.00. The molecule has 1 aliphatic rings. The molecule has 0 saturated carbocycles. The molecule has 3 nitrogen and oxygen atoms in total. The normalized spacial score (nSPS) is 17.4. The van der Waals surface area contributed by atoms with Crippen LogP contribution in [0.1, 0.15) is 19.3 Å². The van der Waals surface area contributed by atoms with Crippen molar-refractivity contribution in [1.82, 2.24) is 0 Å². The molecule has 2 rings (SSSR count). The lowest BCUT2D eigenvalue weighted by atomic mass is 9.93. The number of nitrogen functional groups attached to an aromatic ring is 1. The van der Waals surface area contributed by atoms with Crippen molar-refractivity contribution in [3.05, 3.63) is 24.3 Å². The van der Waals surface area contributed by atoms with Gasteiger partial charge in [0, 0.05) is 26.8 Å². The third-order valence-electron chi connectivity index (χ3n) is 3.62. The first kappa shape index (κ1) is 12.2. The first-order valence-electron chi connectivity index (χ1n) is 6.39. The molecule has 1 aromatic carbocycles. The number of hydrogen-bond donors (Lipinski definition) is 1. The molecule has 0 radical (unpaired) electrons. The number of para-hydroxylation sites is 2. The lowest BCUT2D eigenvalue weighted by molar-refractivity contribution is 0.170. The van der Waals surface area contributed by atoms with Gasteiger partial charge >= 0.3 is 0 Å². The van der Waals surface area contributed by atoms with E-state index in [-0.39, 0.29) is 0 Å². The average Bonchev–Trinajstić information content (AvgIpc) is 2.38. The van der Waals surface area contributed by atoms with Crippen molar-refractivity contribution in [3.8, 4) is 0 Å². The van der Waals surface area contributed by atoms with Crippen LogP contribution in [0.3, 0.4) is 0 Å². The predicted octanol–water partition coefficient (Wildman–Crippen LogP) is 2.52. The Morgan fingerprint density at radius 3 is 2.65 bits per heavy atom. The first-order chi connectivity index (χ1) is 8.31. The molecule has 1 saturated heterocycles. The molecule has 1 aromatic rings. The summed E-state index contributed by atoms with van der Waals surface area (Å²) in [6.45, 7) is 3.11. The van der Waals surface area contributed by atoms with Gasteiger partial charge in [-0.15, -0.1) is 0 Å². The Kier molecular flexibility index (Phi) is 4.26. The van der Waals surface area contributed by atoms with E-state index in [0.717, 1.165) is 31.3 Å². The number of nitrogens with two attached hydrogens (primary N) is 1. The molecule has 1 fully saturated rings. The van der Waals surface area contributed by atoms with Crippen LogP contribution in [-0.2, 0) is 4.74 Å². The predicted molar refractivity (Wildman–Crippen MR) is 72.3 cm³/mol. The van der Waals surface area contributed by atoms with Crippen LogP contribution < -0.4 is 10.6 Å². The molecule has 0 bridgehead atoms. The van der Waals surface area contributed by atoms with Crippen molar-refractivity contribution < 1.29 is 4.74 Å². The second-order valence-electron chi connectivity index (χ2n) is 4.77. The SMILES string of the molecule is COCCC1CCN(c2ccccc2N)CC1. The van der Waals surface area contributed by atoms with Gasteiger partial charge in [-0.05, 0) is 37.3 Å². The Bertz CT molecular complexity index is 346. The molecule has 0 spiro atoms. The monoisotopic (exact) mass is 234 g/mol. The largest absolute Gasteiger partial charge is 0.397 e. The number of piperidine rings is 1. The summed E-state index contributed by atoms with van der Waals surface area (Å²) < 4.78 is 5.14. The van der Waals surface area contributed by atoms with Crippen LogP contribution >= 0.6 is 0 Å². The molecule has 1 heterocycles. The third kappa shape index (κ3) is 3.13. The molecule has 0 atom stereocenters. The van der Waals surface area contributed by atoms with Gasteiger partial charge in [0.05, 0.1) is 11.4 Å². The van der Waals surface area contributed by atoms with Crippen molar-refractivity contribution in [2.24, 2.45) is 5.92 Å². The molecular formula is C14H22N2O. The van der Waals surface area contributed by atoms with Crippen LogP contribution in [0.2, 0.25) is 0 Å². The summed E-state index contributed by atoms with van der Waals surface area (Å²) in [5.41, 5.74) is 8.09. The van der Waals surface area contributed by atoms with E-state index in [9.17, 15) is 0 Å². The van der Waals surface area contributed by atoms with Gasteiger partial charge in [-0.1, -0.05) is 12.1 Å². The van der Waals surface area contributed by atoms with E-state index in [0.29, 0.717) is 0 Å². The van der Waals surface area contributed by atoms with Gasteiger partial charge in [0.1, 0.15) is 0 Å². The number of rotatable bonds is 4. The molecule has 0 aliphatic carbocycles. The zero-order valence-corrected chi connectivity index (χ0v) is 10.6. The van der Waals surface area contributed by atoms with E-state index in [1.165, 1.54) is 24.9 Å². The quantitative estimate of drug-likeness (QED) is 0.814. The summed E-state index contributed by atoms with van der Waals surface area (Å²) in [5.74, 6) is 0.816. The average molecular weight is 234 g/mol. The van der Waals surface area contributed by atoms with Crippen molar-refractivity contribution in [3.63, 3.8) is 0 Å². The van der Waals surface area contributed by atoms with Crippen LogP contribution in [0.25, 0.3) is 0 Å². The topological polar surface area (TPSA) is 38.5 Å². The minimum absolute atomic E-state index is 0.816. The highest BCUT2D eigenvalue weighted by molar-refractivity contribution is 5.67. The van der Waals surface area contributed by atoms with E-state index in [1.54, 1.807) is 7.11 Å². The molecule has 17 heavy (non-hydrogen) atoms. The molecule has 2 N–H and O–H groups in total. The number of nitrogens with zero attached hydrogens (tertiary/aromatic N) is 1. The fourth-order valence-electron chi connectivity index (χ4n) is 2.52. The lowest BCUT2D eigenvalue weighted by Crippen LogP contribution is -2.34. The number of ether oxygens (including phenoxy) is 1. The first-order valence-corrected chi connectivity index (χ1v) is 6.39. The fraction of sp³-hybridized carbons (Fsp3) is 0.571. The Morgan fingerprint density at radius 1 is 1.29 bits per heavy atom. The zero-order chi connectivity index (χ0) is 12.1. The summed E-state index contributed by atoms with van der Waals surface area (Å²) in [7, 11) is 1.78. The highest BCUT2D eigenvalue weighted by atomic mass is 16.5. The summed E-state index contributed by atoms with van der Waals surface area (Å²) in [4.78, 5) is 2.40. The standard InChI is InChI=1S/C14H22N2O/c1-17-11-8-12-6-9-16(10-7-12)14-5-3-2-4-13(14)15/h2-5,12H,6-11,15H2,1H3. The lowest BCUT2D eigenvalue weighted by Gasteiger charge is -2.34. The Hall–Kier alpha value is -1.22. The highest BCUT2D eigenvalue weighted by Crippen LogP contribution is 2.28. The molecule has 1 aliphatic heterocycles. The summed E-state index contributed by atoms with van der Waals surface area (Å²) >= 11 is 0. The van der Waals surface area contributed by atoms with Crippen LogP contribution in [0, 0.1) is 5.92 Å². The van der Waals surface area contributed by atoms with E-state index in [1.807, 2.05) is 12.1 Å². The van der Waals surface area contributed by atoms with Crippen molar-refractivity contribution in [1.29, 1.82) is 0 Å². The summed E-state index contributed by atoms with van der Waals surface area (Å²) in [5, 5.41) is 0. The molecule has 3 heteroatoms. The van der Waals surface area contributed by atoms with Crippen molar-refractivity contribution in [2.75, 3.05) is 37.4 Å². The zero-order valence-electron chi connectivity index (χ0n) is 10.6. The smallest absolute Gasteiger partial charge is 0.0599 e. The molecular weight excluding hydrogens is 212 g/mol. The maximum absolute atomic E-state index is 6.00. The molecule has 0 amide bonds. The van der Waals surface area contributed by atoms with Gasteiger partial charge in [-0.2, -0.15) is 0 Å². The van der Waals surface area contributed by atoms with Crippen LogP contribution in [0.15, 0.2) is 24.3 Å². The number of methoxy groups -OCH3 is 1. The Morgan fingerprint density at radius 2 is 2.00 bits per heavy atom. The molecule has 94 valence electrons. The Labute approximate surface area is 104 Å². The van der Waals surface area contributed by atoms with E-state index in [4.69, 9.17) is 10.5 Å². The van der Waals surface area contributed by atoms with Gasteiger partial charge in [0.25, 0.3) is 0 Å². The van der Waals surface area contributed by atoms with E-state index >= 15 is 0 Å². The fourth-order valence-corrected chi connectivity index (χ4v) is 2.52. The van der Waals surface area contributed by atoms with Crippen molar-refractivity contribution >= 4 is 11.4 Å². The minimum atomic E-state index is 0.816. The maximum Gasteiger partial charge on any atom is 0.0599 e. The second kappa shape index (κ2) is 5.92. The number of anilines is 2. The van der Waals surface area contributed by atoms with Crippen molar-refractivity contribution in [2.45, 2.75) is 19.3 Å². The van der Waals surface area contributed by atoms with Gasteiger partial charge < -0.3 is 15.4 Å². The number of hydrogen-bond acceptors (Lipinski definition) is 3. The summed E-state index contributed by atoms with van der Waals surface area (Å²) in [6, 6.07) is 8.14. The van der Waals surface area contributed by atoms with Gasteiger partial charge in [0.15, 0.2) is 0 Å². The number of benzene rings is 1. The molecule has 0 aromatic heterocycles. The Balaban J connectivity index is 1.89. The van der Waals surface area contributed by atoms with Gasteiger partial charge in [-0.25, -0.2) is 0 Å². The van der Waals surface area contributed by atoms with E-state index < -0.39 is 0 Å². The third-order valence-corrected chi connectivity index (χ3v) is 3.62.